The summed E-state index contributed by atoms with van der Waals surface area (Å²) in [6, 6.07) is 2.79. The zero-order valence-electron chi connectivity index (χ0n) is 8.88. The van der Waals surface area contributed by atoms with Crippen LogP contribution in [0.25, 0.3) is 0 Å². The van der Waals surface area contributed by atoms with Gasteiger partial charge in [-0.2, -0.15) is 5.26 Å². The van der Waals surface area contributed by atoms with Gasteiger partial charge in [-0.1, -0.05) is 13.8 Å². The smallest absolute Gasteiger partial charge is 0.0926 e. The molecule has 0 aliphatic heterocycles. The van der Waals surface area contributed by atoms with Crippen molar-refractivity contribution in [2.75, 3.05) is 0 Å². The molecule has 1 aliphatic carbocycles. The van der Waals surface area contributed by atoms with E-state index in [4.69, 9.17) is 5.26 Å². The molecule has 4 unspecified atom stereocenters. The second-order valence-electron chi connectivity index (χ2n) is 4.52. The summed E-state index contributed by atoms with van der Waals surface area (Å²) in [5, 5.41) is 12.1. The summed E-state index contributed by atoms with van der Waals surface area (Å²) in [7, 11) is 0. The molecule has 1 N–H and O–H groups in total. The van der Waals surface area contributed by atoms with Gasteiger partial charge < -0.3 is 0 Å². The van der Waals surface area contributed by atoms with Crippen LogP contribution in [0.1, 0.15) is 40.0 Å². The molecule has 2 heteroatoms. The molecule has 1 saturated carbocycles. The second-order valence-corrected chi connectivity index (χ2v) is 4.52. The molecule has 0 aromatic heterocycles. The minimum atomic E-state index is 0.000793. The van der Waals surface area contributed by atoms with Crippen molar-refractivity contribution < 1.29 is 0 Å². The zero-order chi connectivity index (χ0) is 9.84. The highest BCUT2D eigenvalue weighted by atomic mass is 14.9. The lowest BCUT2D eigenvalue weighted by molar-refractivity contribution is 0.224. The van der Waals surface area contributed by atoms with Crippen molar-refractivity contribution in [1.82, 2.24) is 5.32 Å². The van der Waals surface area contributed by atoms with E-state index in [-0.39, 0.29) is 6.04 Å². The lowest BCUT2D eigenvalue weighted by atomic mass is 9.79. The normalized spacial score (nSPS) is 36.6. The van der Waals surface area contributed by atoms with Crippen LogP contribution in [0.3, 0.4) is 0 Å². The first kappa shape index (κ1) is 10.5. The average molecular weight is 180 g/mol. The maximum Gasteiger partial charge on any atom is 0.0926 e. The Bertz CT molecular complexity index is 195. The summed E-state index contributed by atoms with van der Waals surface area (Å²) in [6.45, 7) is 6.54. The van der Waals surface area contributed by atoms with Crippen LogP contribution in [-0.4, -0.2) is 12.1 Å². The summed E-state index contributed by atoms with van der Waals surface area (Å²) in [4.78, 5) is 0. The number of nitrogens with one attached hydrogen (secondary N) is 1. The van der Waals surface area contributed by atoms with Gasteiger partial charge in [-0.3, -0.25) is 5.32 Å². The maximum atomic E-state index is 8.69. The molecule has 0 bridgehead atoms. The predicted molar refractivity (Wildman–Crippen MR) is 54.2 cm³/mol. The lowest BCUT2D eigenvalue weighted by Gasteiger charge is -2.33. The molecule has 1 fully saturated rings. The van der Waals surface area contributed by atoms with E-state index in [1.54, 1.807) is 0 Å². The fourth-order valence-electron chi connectivity index (χ4n) is 2.27. The summed E-state index contributed by atoms with van der Waals surface area (Å²) in [5.74, 6) is 1.59. The molecule has 13 heavy (non-hydrogen) atoms. The molecular weight excluding hydrogens is 160 g/mol. The zero-order valence-corrected chi connectivity index (χ0v) is 8.88. The summed E-state index contributed by atoms with van der Waals surface area (Å²) >= 11 is 0. The molecule has 0 saturated heterocycles. The maximum absolute atomic E-state index is 8.69. The van der Waals surface area contributed by atoms with Gasteiger partial charge in [-0.25, -0.2) is 0 Å². The fourth-order valence-corrected chi connectivity index (χ4v) is 2.27. The van der Waals surface area contributed by atoms with E-state index in [0.29, 0.717) is 6.04 Å². The minimum Gasteiger partial charge on any atom is -0.299 e. The predicted octanol–water partition coefficient (Wildman–Crippen LogP) is 2.31. The molecule has 1 rings (SSSR count). The molecule has 1 aliphatic rings. The minimum absolute atomic E-state index is 0.000793. The Morgan fingerprint density at radius 2 is 2.08 bits per heavy atom. The number of hydrogen-bond donors (Lipinski definition) is 1. The van der Waals surface area contributed by atoms with Crippen LogP contribution in [0.5, 0.6) is 0 Å². The standard InChI is InChI=1S/C11H20N2/c1-8-4-5-11(9(2)6-8)13-10(3)7-12/h8-11,13H,4-6H2,1-3H3. The van der Waals surface area contributed by atoms with Gasteiger partial charge in [0.1, 0.15) is 0 Å². The highest BCUT2D eigenvalue weighted by Crippen LogP contribution is 2.28. The first-order valence-corrected chi connectivity index (χ1v) is 5.29. The van der Waals surface area contributed by atoms with Gasteiger partial charge in [0, 0.05) is 6.04 Å². The van der Waals surface area contributed by atoms with Crippen LogP contribution >= 0.6 is 0 Å². The van der Waals surface area contributed by atoms with Gasteiger partial charge in [0.15, 0.2) is 0 Å². The van der Waals surface area contributed by atoms with Crippen molar-refractivity contribution in [2.24, 2.45) is 11.8 Å². The third-order valence-corrected chi connectivity index (χ3v) is 3.09. The molecule has 0 spiro atoms. The molecule has 74 valence electrons. The quantitative estimate of drug-likeness (QED) is 0.708. The molecule has 0 radical (unpaired) electrons. The van der Waals surface area contributed by atoms with Gasteiger partial charge in [-0.05, 0) is 38.0 Å². The van der Waals surface area contributed by atoms with Crippen molar-refractivity contribution in [3.8, 4) is 6.07 Å². The topological polar surface area (TPSA) is 35.8 Å². The molecule has 4 atom stereocenters. The third kappa shape index (κ3) is 3.00. The van der Waals surface area contributed by atoms with Gasteiger partial charge in [0.25, 0.3) is 0 Å². The van der Waals surface area contributed by atoms with E-state index in [2.05, 4.69) is 25.2 Å². The third-order valence-electron chi connectivity index (χ3n) is 3.09. The molecule has 0 aromatic carbocycles. The molecule has 2 nitrogen and oxygen atoms in total. The Labute approximate surface area is 81.3 Å². The number of rotatable bonds is 2. The summed E-state index contributed by atoms with van der Waals surface area (Å²) in [5.41, 5.74) is 0. The van der Waals surface area contributed by atoms with E-state index in [9.17, 15) is 0 Å². The SMILES string of the molecule is CC1CCC(NC(C)C#N)C(C)C1. The largest absolute Gasteiger partial charge is 0.299 e. The van der Waals surface area contributed by atoms with Crippen molar-refractivity contribution in [3.05, 3.63) is 0 Å². The Balaban J connectivity index is 2.39. The highest BCUT2D eigenvalue weighted by Gasteiger charge is 2.25. The van der Waals surface area contributed by atoms with Crippen LogP contribution in [-0.2, 0) is 0 Å². The molecule has 0 heterocycles. The molecular formula is C11H20N2. The van der Waals surface area contributed by atoms with Crippen LogP contribution < -0.4 is 5.32 Å². The van der Waals surface area contributed by atoms with Gasteiger partial charge in [-0.15, -0.1) is 0 Å². The number of nitriles is 1. The first-order chi connectivity index (χ1) is 6.13. The number of hydrogen-bond acceptors (Lipinski definition) is 2. The fraction of sp³-hybridized carbons (Fsp3) is 0.909. The van der Waals surface area contributed by atoms with Crippen molar-refractivity contribution in [3.63, 3.8) is 0 Å². The van der Waals surface area contributed by atoms with E-state index in [1.165, 1.54) is 19.3 Å². The van der Waals surface area contributed by atoms with Gasteiger partial charge in [0.2, 0.25) is 0 Å². The van der Waals surface area contributed by atoms with E-state index < -0.39 is 0 Å². The van der Waals surface area contributed by atoms with Crippen LogP contribution in [0.2, 0.25) is 0 Å². The van der Waals surface area contributed by atoms with Crippen molar-refractivity contribution in [1.29, 1.82) is 5.26 Å². The van der Waals surface area contributed by atoms with Crippen molar-refractivity contribution >= 4 is 0 Å². The molecule has 0 aromatic rings. The van der Waals surface area contributed by atoms with Crippen LogP contribution in [0, 0.1) is 23.2 Å². The summed E-state index contributed by atoms with van der Waals surface area (Å²) < 4.78 is 0. The lowest BCUT2D eigenvalue weighted by Crippen LogP contribution is -2.43. The molecule has 0 amide bonds. The highest BCUT2D eigenvalue weighted by molar-refractivity contribution is 4.91. The van der Waals surface area contributed by atoms with E-state index >= 15 is 0 Å². The van der Waals surface area contributed by atoms with E-state index in [1.807, 2.05) is 6.92 Å². The average Bonchev–Trinajstić information content (AvgIpc) is 2.09. The Hall–Kier alpha value is -0.550. The second kappa shape index (κ2) is 4.62. The van der Waals surface area contributed by atoms with E-state index in [0.717, 1.165) is 11.8 Å². The van der Waals surface area contributed by atoms with Gasteiger partial charge >= 0.3 is 0 Å². The van der Waals surface area contributed by atoms with Gasteiger partial charge in [0.05, 0.1) is 12.1 Å². The first-order valence-electron chi connectivity index (χ1n) is 5.29. The van der Waals surface area contributed by atoms with Crippen LogP contribution in [0.15, 0.2) is 0 Å². The summed E-state index contributed by atoms with van der Waals surface area (Å²) in [6.07, 6.45) is 3.84. The van der Waals surface area contributed by atoms with Crippen LogP contribution in [0.4, 0.5) is 0 Å². The van der Waals surface area contributed by atoms with Crippen molar-refractivity contribution in [2.45, 2.75) is 52.1 Å². The number of nitrogens with zero attached hydrogens (tertiary/aromatic N) is 1. The Morgan fingerprint density at radius 1 is 1.38 bits per heavy atom. The Morgan fingerprint density at radius 3 is 2.62 bits per heavy atom. The monoisotopic (exact) mass is 180 g/mol. The Kier molecular flexibility index (Phi) is 3.74.